The van der Waals surface area contributed by atoms with Crippen molar-refractivity contribution in [2.75, 3.05) is 26.2 Å². The number of likely N-dealkylation sites (tertiary alicyclic amines) is 1. The lowest BCUT2D eigenvalue weighted by molar-refractivity contribution is -0.135. The molecule has 4 heteroatoms. The minimum absolute atomic E-state index is 0.290. The van der Waals surface area contributed by atoms with E-state index in [1.807, 2.05) is 19.1 Å². The van der Waals surface area contributed by atoms with Crippen molar-refractivity contribution in [3.63, 3.8) is 0 Å². The van der Waals surface area contributed by atoms with Gasteiger partial charge in [-0.25, -0.2) is 0 Å². The van der Waals surface area contributed by atoms with Gasteiger partial charge in [0, 0.05) is 25.7 Å². The number of furan rings is 1. The van der Waals surface area contributed by atoms with Crippen molar-refractivity contribution < 1.29 is 9.21 Å². The summed E-state index contributed by atoms with van der Waals surface area (Å²) in [5, 5.41) is 0. The van der Waals surface area contributed by atoms with E-state index < -0.39 is 0 Å². The number of rotatable bonds is 3. The monoisotopic (exact) mass is 302 g/mol. The molecule has 1 amide bonds. The lowest BCUT2D eigenvalue weighted by atomic mass is 10.0. The van der Waals surface area contributed by atoms with Gasteiger partial charge in [0.2, 0.25) is 5.91 Å². The van der Waals surface area contributed by atoms with Gasteiger partial charge in [0.25, 0.3) is 0 Å². The van der Waals surface area contributed by atoms with Crippen LogP contribution in [0, 0.1) is 6.92 Å². The van der Waals surface area contributed by atoms with Gasteiger partial charge in [-0.3, -0.25) is 9.69 Å². The van der Waals surface area contributed by atoms with Crippen LogP contribution in [-0.2, 0) is 4.79 Å². The quantitative estimate of drug-likeness (QED) is 0.861. The van der Waals surface area contributed by atoms with Gasteiger partial charge >= 0.3 is 0 Å². The van der Waals surface area contributed by atoms with Crippen LogP contribution in [0.1, 0.15) is 44.1 Å². The summed E-state index contributed by atoms with van der Waals surface area (Å²) in [6, 6.07) is 4.45. The molecule has 1 atom stereocenters. The highest BCUT2D eigenvalue weighted by molar-refractivity contribution is 5.79. The second-order valence-corrected chi connectivity index (χ2v) is 6.56. The van der Waals surface area contributed by atoms with Crippen molar-refractivity contribution in [2.24, 2.45) is 0 Å². The number of nitrogens with zero attached hydrogens (tertiary/aromatic N) is 2. The van der Waals surface area contributed by atoms with E-state index in [1.165, 1.54) is 12.0 Å². The van der Waals surface area contributed by atoms with Gasteiger partial charge in [0.1, 0.15) is 11.5 Å². The Kier molecular flexibility index (Phi) is 4.67. The maximum Gasteiger partial charge on any atom is 0.236 e. The number of piperidine rings is 1. The van der Waals surface area contributed by atoms with Gasteiger partial charge in [-0.05, 0) is 57.2 Å². The Bertz CT molecular complexity index is 561. The summed E-state index contributed by atoms with van der Waals surface area (Å²) in [4.78, 5) is 16.8. The van der Waals surface area contributed by atoms with Crippen LogP contribution in [0.15, 0.2) is 22.6 Å². The lowest BCUT2D eigenvalue weighted by Gasteiger charge is -2.35. The predicted octanol–water partition coefficient (Wildman–Crippen LogP) is 3.08. The number of carbonyl (C=O) groups is 1. The summed E-state index contributed by atoms with van der Waals surface area (Å²) in [6.45, 7) is 7.39. The van der Waals surface area contributed by atoms with Gasteiger partial charge in [-0.2, -0.15) is 0 Å². The van der Waals surface area contributed by atoms with Crippen LogP contribution in [0.2, 0.25) is 0 Å². The van der Waals surface area contributed by atoms with E-state index in [0.717, 1.165) is 50.4 Å². The maximum atomic E-state index is 12.5. The number of amides is 1. The van der Waals surface area contributed by atoms with E-state index in [2.05, 4.69) is 22.8 Å². The molecule has 2 aliphatic heterocycles. The fourth-order valence-corrected chi connectivity index (χ4v) is 3.44. The molecule has 3 heterocycles. The highest BCUT2D eigenvalue weighted by Crippen LogP contribution is 2.24. The van der Waals surface area contributed by atoms with E-state index in [-0.39, 0.29) is 5.91 Å². The van der Waals surface area contributed by atoms with Crippen molar-refractivity contribution in [1.29, 1.82) is 0 Å². The first-order valence-electron chi connectivity index (χ1n) is 8.41. The molecule has 1 aromatic rings. The van der Waals surface area contributed by atoms with E-state index in [4.69, 9.17) is 4.42 Å². The molecule has 0 aromatic carbocycles. The molecule has 1 unspecified atom stereocenters. The van der Waals surface area contributed by atoms with Crippen molar-refractivity contribution in [2.45, 2.75) is 45.6 Å². The van der Waals surface area contributed by atoms with Crippen molar-refractivity contribution >= 4 is 11.5 Å². The zero-order valence-electron chi connectivity index (χ0n) is 13.7. The molecule has 1 saturated heterocycles. The third-order valence-corrected chi connectivity index (χ3v) is 4.83. The van der Waals surface area contributed by atoms with Crippen LogP contribution >= 0.6 is 0 Å². The minimum Gasteiger partial charge on any atom is -0.462 e. The molecular weight excluding hydrogens is 276 g/mol. The van der Waals surface area contributed by atoms with E-state index in [1.54, 1.807) is 0 Å². The molecule has 0 saturated carbocycles. The van der Waals surface area contributed by atoms with E-state index >= 15 is 0 Å². The summed E-state index contributed by atoms with van der Waals surface area (Å²) in [7, 11) is 0. The van der Waals surface area contributed by atoms with E-state index in [9.17, 15) is 4.79 Å². The fourth-order valence-electron chi connectivity index (χ4n) is 3.44. The maximum absolute atomic E-state index is 12.5. The summed E-state index contributed by atoms with van der Waals surface area (Å²) in [5.41, 5.74) is 1.27. The van der Waals surface area contributed by atoms with Crippen molar-refractivity contribution in [1.82, 2.24) is 9.80 Å². The van der Waals surface area contributed by atoms with Gasteiger partial charge in [-0.1, -0.05) is 6.08 Å². The van der Waals surface area contributed by atoms with Gasteiger partial charge in [-0.15, -0.1) is 0 Å². The molecular formula is C18H26N2O2. The standard InChI is InChI=1S/C18H26N2O2/c1-14-5-3-4-10-20(14)18(21)13-19-11-8-16(9-12-19)17-7-6-15(2)22-17/h6-8,14H,3-5,9-13H2,1-2H3. The first-order valence-corrected chi connectivity index (χ1v) is 8.41. The second kappa shape index (κ2) is 6.69. The zero-order valence-corrected chi connectivity index (χ0v) is 13.7. The molecule has 22 heavy (non-hydrogen) atoms. The first-order chi connectivity index (χ1) is 10.6. The Morgan fingerprint density at radius 1 is 1.32 bits per heavy atom. The lowest BCUT2D eigenvalue weighted by Crippen LogP contribution is -2.47. The van der Waals surface area contributed by atoms with Crippen LogP contribution < -0.4 is 0 Å². The number of hydrogen-bond donors (Lipinski definition) is 0. The number of aryl methyl sites for hydroxylation is 1. The largest absolute Gasteiger partial charge is 0.462 e. The molecule has 0 bridgehead atoms. The Balaban J connectivity index is 1.55. The molecule has 2 aliphatic rings. The number of hydrogen-bond acceptors (Lipinski definition) is 3. The van der Waals surface area contributed by atoms with Crippen LogP contribution in [0.4, 0.5) is 0 Å². The molecule has 120 valence electrons. The molecule has 3 rings (SSSR count). The molecule has 0 radical (unpaired) electrons. The van der Waals surface area contributed by atoms with Crippen LogP contribution in [0.5, 0.6) is 0 Å². The third kappa shape index (κ3) is 3.43. The molecule has 0 spiro atoms. The SMILES string of the molecule is Cc1ccc(C2=CCN(CC(=O)N3CCCCC3C)CC2)o1. The second-order valence-electron chi connectivity index (χ2n) is 6.56. The first kappa shape index (κ1) is 15.3. The predicted molar refractivity (Wildman–Crippen MR) is 87.5 cm³/mol. The van der Waals surface area contributed by atoms with Crippen LogP contribution in [0.3, 0.4) is 0 Å². The smallest absolute Gasteiger partial charge is 0.236 e. The Labute approximate surface area is 132 Å². The molecule has 1 fully saturated rings. The Morgan fingerprint density at radius 2 is 2.18 bits per heavy atom. The Hall–Kier alpha value is -1.55. The zero-order chi connectivity index (χ0) is 15.5. The van der Waals surface area contributed by atoms with Crippen LogP contribution in [-0.4, -0.2) is 47.9 Å². The number of carbonyl (C=O) groups excluding carboxylic acids is 1. The van der Waals surface area contributed by atoms with Crippen molar-refractivity contribution in [3.8, 4) is 0 Å². The molecule has 0 N–H and O–H groups in total. The highest BCUT2D eigenvalue weighted by Gasteiger charge is 2.25. The van der Waals surface area contributed by atoms with Gasteiger partial charge in [0.15, 0.2) is 0 Å². The fraction of sp³-hybridized carbons (Fsp3) is 0.611. The van der Waals surface area contributed by atoms with Gasteiger partial charge < -0.3 is 9.32 Å². The summed E-state index contributed by atoms with van der Waals surface area (Å²) >= 11 is 0. The third-order valence-electron chi connectivity index (χ3n) is 4.83. The summed E-state index contributed by atoms with van der Waals surface area (Å²) < 4.78 is 5.69. The molecule has 0 aliphatic carbocycles. The Morgan fingerprint density at radius 3 is 2.82 bits per heavy atom. The normalized spacial score (nSPS) is 23.5. The minimum atomic E-state index is 0.290. The van der Waals surface area contributed by atoms with E-state index in [0.29, 0.717) is 12.6 Å². The summed E-state index contributed by atoms with van der Waals surface area (Å²) in [5.74, 6) is 2.22. The molecule has 1 aromatic heterocycles. The molecule has 4 nitrogen and oxygen atoms in total. The van der Waals surface area contributed by atoms with Crippen LogP contribution in [0.25, 0.3) is 5.57 Å². The summed E-state index contributed by atoms with van der Waals surface area (Å²) in [6.07, 6.45) is 6.71. The van der Waals surface area contributed by atoms with Gasteiger partial charge in [0.05, 0.1) is 6.54 Å². The average Bonchev–Trinajstić information content (AvgIpc) is 2.95. The topological polar surface area (TPSA) is 36.7 Å². The highest BCUT2D eigenvalue weighted by atomic mass is 16.3. The van der Waals surface area contributed by atoms with Crippen molar-refractivity contribution in [3.05, 3.63) is 29.7 Å². The average molecular weight is 302 g/mol.